The second-order valence-corrected chi connectivity index (χ2v) is 4.83. The molecule has 0 radical (unpaired) electrons. The lowest BCUT2D eigenvalue weighted by molar-refractivity contribution is 1.44. The molecule has 0 atom stereocenters. The first-order valence-corrected chi connectivity index (χ1v) is 6.44. The number of aryl methyl sites for hydroxylation is 1. The van der Waals surface area contributed by atoms with E-state index in [4.69, 9.17) is 5.26 Å². The molecule has 0 heterocycles. The van der Waals surface area contributed by atoms with Crippen molar-refractivity contribution in [3.05, 3.63) is 75.8 Å². The van der Waals surface area contributed by atoms with Crippen LogP contribution >= 0.6 is 15.9 Å². The van der Waals surface area contributed by atoms with Crippen molar-refractivity contribution < 1.29 is 0 Å². The number of allylic oxidation sites excluding steroid dienone is 1. The Hall–Kier alpha value is -1.85. The van der Waals surface area contributed by atoms with E-state index in [0.29, 0.717) is 4.48 Å². The number of halogens is 1. The predicted molar refractivity (Wildman–Crippen MR) is 78.2 cm³/mol. The van der Waals surface area contributed by atoms with Crippen molar-refractivity contribution in [3.63, 3.8) is 0 Å². The van der Waals surface area contributed by atoms with E-state index in [1.807, 2.05) is 42.5 Å². The molecule has 2 heteroatoms. The SMILES string of the molecule is Cc1ccc(/C(=C(\Br)C#N)c2ccccc2)cc1. The van der Waals surface area contributed by atoms with Crippen LogP contribution in [0.4, 0.5) is 0 Å². The highest BCUT2D eigenvalue weighted by atomic mass is 79.9. The van der Waals surface area contributed by atoms with Gasteiger partial charge in [-0.1, -0.05) is 60.2 Å². The number of nitrogens with zero attached hydrogens (tertiary/aromatic N) is 1. The molecule has 0 aliphatic rings. The zero-order chi connectivity index (χ0) is 13.0. The molecule has 2 aromatic rings. The van der Waals surface area contributed by atoms with Crippen LogP contribution in [-0.2, 0) is 0 Å². The molecule has 0 N–H and O–H groups in total. The van der Waals surface area contributed by atoms with Gasteiger partial charge in [0.2, 0.25) is 0 Å². The summed E-state index contributed by atoms with van der Waals surface area (Å²) in [6.45, 7) is 2.05. The Morgan fingerprint density at radius 1 is 0.944 bits per heavy atom. The maximum Gasteiger partial charge on any atom is 0.107 e. The summed E-state index contributed by atoms with van der Waals surface area (Å²) in [5.41, 5.74) is 4.22. The van der Waals surface area contributed by atoms with Gasteiger partial charge < -0.3 is 0 Å². The van der Waals surface area contributed by atoms with Crippen molar-refractivity contribution in [2.75, 3.05) is 0 Å². The van der Waals surface area contributed by atoms with Crippen LogP contribution in [0.5, 0.6) is 0 Å². The normalized spacial score (nSPS) is 11.6. The molecule has 0 bridgehead atoms. The van der Waals surface area contributed by atoms with Crippen molar-refractivity contribution in [2.24, 2.45) is 0 Å². The van der Waals surface area contributed by atoms with Crippen molar-refractivity contribution in [2.45, 2.75) is 6.92 Å². The first-order chi connectivity index (χ1) is 8.72. The maximum atomic E-state index is 9.13. The second-order valence-electron chi connectivity index (χ2n) is 4.03. The standard InChI is InChI=1S/C16H12BrN/c1-12-7-9-14(10-8-12)16(15(17)11-18)13-5-3-2-4-6-13/h2-10H,1H3/b16-15-. The Morgan fingerprint density at radius 3 is 2.06 bits per heavy atom. The summed E-state index contributed by atoms with van der Waals surface area (Å²) in [4.78, 5) is 0. The molecule has 0 amide bonds. The molecule has 0 aliphatic heterocycles. The Morgan fingerprint density at radius 2 is 1.50 bits per heavy atom. The van der Waals surface area contributed by atoms with E-state index in [0.717, 1.165) is 16.7 Å². The number of benzene rings is 2. The van der Waals surface area contributed by atoms with Gasteiger partial charge in [-0.2, -0.15) is 5.26 Å². The number of nitriles is 1. The van der Waals surface area contributed by atoms with Gasteiger partial charge in [-0.25, -0.2) is 0 Å². The fourth-order valence-electron chi connectivity index (χ4n) is 1.80. The summed E-state index contributed by atoms with van der Waals surface area (Å²) in [6.07, 6.45) is 0. The Kier molecular flexibility index (Phi) is 3.96. The van der Waals surface area contributed by atoms with Gasteiger partial charge in [0.1, 0.15) is 10.6 Å². The summed E-state index contributed by atoms with van der Waals surface area (Å²) >= 11 is 3.35. The first kappa shape index (κ1) is 12.6. The molecule has 0 saturated carbocycles. The van der Waals surface area contributed by atoms with Crippen molar-refractivity contribution >= 4 is 21.5 Å². The van der Waals surface area contributed by atoms with Crippen molar-refractivity contribution in [1.82, 2.24) is 0 Å². The fraction of sp³-hybridized carbons (Fsp3) is 0.0625. The molecule has 0 unspecified atom stereocenters. The van der Waals surface area contributed by atoms with Crippen LogP contribution < -0.4 is 0 Å². The third-order valence-electron chi connectivity index (χ3n) is 2.72. The summed E-state index contributed by atoms with van der Waals surface area (Å²) in [6, 6.07) is 20.3. The largest absolute Gasteiger partial charge is 0.192 e. The predicted octanol–water partition coefficient (Wildman–Crippen LogP) is 4.67. The zero-order valence-corrected chi connectivity index (χ0v) is 11.6. The van der Waals surface area contributed by atoms with Crippen LogP contribution in [0.2, 0.25) is 0 Å². The third kappa shape index (κ3) is 2.69. The molecule has 0 aromatic heterocycles. The highest BCUT2D eigenvalue weighted by molar-refractivity contribution is 9.12. The molecule has 18 heavy (non-hydrogen) atoms. The second kappa shape index (κ2) is 5.66. The van der Waals surface area contributed by atoms with E-state index in [-0.39, 0.29) is 0 Å². The van der Waals surface area contributed by atoms with Crippen LogP contribution in [0.1, 0.15) is 16.7 Å². The average molecular weight is 298 g/mol. The van der Waals surface area contributed by atoms with Crippen LogP contribution in [0, 0.1) is 18.3 Å². The highest BCUT2D eigenvalue weighted by Gasteiger charge is 2.09. The fourth-order valence-corrected chi connectivity index (χ4v) is 2.26. The lowest BCUT2D eigenvalue weighted by Gasteiger charge is -2.09. The molecule has 0 spiro atoms. The van der Waals surface area contributed by atoms with E-state index in [1.54, 1.807) is 0 Å². The molecule has 2 aromatic carbocycles. The molecule has 2 rings (SSSR count). The minimum Gasteiger partial charge on any atom is -0.192 e. The first-order valence-electron chi connectivity index (χ1n) is 5.64. The van der Waals surface area contributed by atoms with Crippen molar-refractivity contribution in [1.29, 1.82) is 5.26 Å². The van der Waals surface area contributed by atoms with Gasteiger partial charge in [0, 0.05) is 5.57 Å². The average Bonchev–Trinajstić information content (AvgIpc) is 2.42. The monoisotopic (exact) mass is 297 g/mol. The van der Waals surface area contributed by atoms with Gasteiger partial charge in [-0.15, -0.1) is 0 Å². The van der Waals surface area contributed by atoms with Gasteiger partial charge >= 0.3 is 0 Å². The maximum absolute atomic E-state index is 9.13. The van der Waals surface area contributed by atoms with E-state index in [9.17, 15) is 0 Å². The molecule has 0 fully saturated rings. The lowest BCUT2D eigenvalue weighted by atomic mass is 9.97. The molecular weight excluding hydrogens is 286 g/mol. The number of rotatable bonds is 2. The van der Waals surface area contributed by atoms with E-state index >= 15 is 0 Å². The van der Waals surface area contributed by atoms with Gasteiger partial charge in [0.05, 0.1) is 0 Å². The minimum atomic E-state index is 0.553. The van der Waals surface area contributed by atoms with Gasteiger partial charge in [-0.05, 0) is 34.0 Å². The van der Waals surface area contributed by atoms with Crippen LogP contribution in [0.15, 0.2) is 59.1 Å². The van der Waals surface area contributed by atoms with Crippen LogP contribution in [0.25, 0.3) is 5.57 Å². The Bertz CT molecular complexity index is 604. The quantitative estimate of drug-likeness (QED) is 0.739. The molecular formula is C16H12BrN. The van der Waals surface area contributed by atoms with Gasteiger partial charge in [0.25, 0.3) is 0 Å². The lowest BCUT2D eigenvalue weighted by Crippen LogP contribution is -1.90. The van der Waals surface area contributed by atoms with Crippen LogP contribution in [-0.4, -0.2) is 0 Å². The van der Waals surface area contributed by atoms with E-state index in [2.05, 4.69) is 41.1 Å². The van der Waals surface area contributed by atoms with Crippen LogP contribution in [0.3, 0.4) is 0 Å². The number of hydrogen-bond acceptors (Lipinski definition) is 1. The van der Waals surface area contributed by atoms with Gasteiger partial charge in [0.15, 0.2) is 0 Å². The van der Waals surface area contributed by atoms with Crippen molar-refractivity contribution in [3.8, 4) is 6.07 Å². The van der Waals surface area contributed by atoms with E-state index in [1.165, 1.54) is 5.56 Å². The Labute approximate surface area is 116 Å². The summed E-state index contributed by atoms with van der Waals surface area (Å²) < 4.78 is 0.553. The minimum absolute atomic E-state index is 0.553. The molecule has 88 valence electrons. The van der Waals surface area contributed by atoms with E-state index < -0.39 is 0 Å². The third-order valence-corrected chi connectivity index (χ3v) is 3.29. The Balaban J connectivity index is 2.60. The number of hydrogen-bond donors (Lipinski definition) is 0. The zero-order valence-electron chi connectivity index (χ0n) is 10.0. The molecule has 0 aliphatic carbocycles. The topological polar surface area (TPSA) is 23.8 Å². The summed E-state index contributed by atoms with van der Waals surface area (Å²) in [5, 5.41) is 9.13. The molecule has 0 saturated heterocycles. The van der Waals surface area contributed by atoms with Gasteiger partial charge in [-0.3, -0.25) is 0 Å². The smallest absolute Gasteiger partial charge is 0.107 e. The molecule has 1 nitrogen and oxygen atoms in total. The summed E-state index contributed by atoms with van der Waals surface area (Å²) in [7, 11) is 0. The highest BCUT2D eigenvalue weighted by Crippen LogP contribution is 2.29. The summed E-state index contributed by atoms with van der Waals surface area (Å²) in [5.74, 6) is 0.